The number of nitrogens with one attached hydrogen (secondary N) is 1. The number of aliphatic carboxylic acids is 1. The van der Waals surface area contributed by atoms with E-state index in [1.165, 1.54) is 11.3 Å². The third kappa shape index (κ3) is 4.62. The number of thiazole rings is 1. The lowest BCUT2D eigenvalue weighted by Gasteiger charge is -2.06. The minimum absolute atomic E-state index is 0.0153. The predicted molar refractivity (Wildman–Crippen MR) is 80.4 cm³/mol. The van der Waals surface area contributed by atoms with Crippen LogP contribution in [0.5, 0.6) is 0 Å². The van der Waals surface area contributed by atoms with Crippen LogP contribution in [0.2, 0.25) is 0 Å². The molecule has 0 fully saturated rings. The summed E-state index contributed by atoms with van der Waals surface area (Å²) in [6.45, 7) is 0.119. The second-order valence-electron chi connectivity index (χ2n) is 4.29. The molecule has 6 nitrogen and oxygen atoms in total. The van der Waals surface area contributed by atoms with E-state index in [9.17, 15) is 9.59 Å². The molecule has 0 aromatic carbocycles. The number of carboxylic acids is 1. The van der Waals surface area contributed by atoms with Crippen LogP contribution in [0.25, 0.3) is 9.88 Å². The van der Waals surface area contributed by atoms with Gasteiger partial charge >= 0.3 is 5.97 Å². The van der Waals surface area contributed by atoms with E-state index < -0.39 is 12.1 Å². The molecule has 0 aliphatic carbocycles. The van der Waals surface area contributed by atoms with Crippen molar-refractivity contribution in [3.63, 3.8) is 0 Å². The third-order valence-electron chi connectivity index (χ3n) is 2.65. The van der Waals surface area contributed by atoms with Crippen molar-refractivity contribution in [2.24, 2.45) is 0 Å². The van der Waals surface area contributed by atoms with Crippen molar-refractivity contribution in [1.82, 2.24) is 10.3 Å². The number of thiophene rings is 1. The van der Waals surface area contributed by atoms with E-state index in [2.05, 4.69) is 10.3 Å². The second-order valence-corrected chi connectivity index (χ2v) is 6.10. The summed E-state index contributed by atoms with van der Waals surface area (Å²) in [5, 5.41) is 24.8. The molecule has 3 N–H and O–H groups in total. The number of carbonyl (C=O) groups excluding carboxylic acids is 1. The number of aliphatic hydroxyl groups is 1. The van der Waals surface area contributed by atoms with Crippen LogP contribution in [-0.2, 0) is 16.0 Å². The first-order valence-electron chi connectivity index (χ1n) is 6.22. The van der Waals surface area contributed by atoms with E-state index in [4.69, 9.17) is 10.2 Å². The van der Waals surface area contributed by atoms with Gasteiger partial charge in [-0.3, -0.25) is 4.79 Å². The highest BCUT2D eigenvalue weighted by atomic mass is 32.1. The van der Waals surface area contributed by atoms with Gasteiger partial charge in [0.1, 0.15) is 5.01 Å². The minimum Gasteiger partial charge on any atom is -0.479 e. The molecule has 0 saturated carbocycles. The highest BCUT2D eigenvalue weighted by molar-refractivity contribution is 7.20. The Morgan fingerprint density at radius 1 is 1.38 bits per heavy atom. The normalized spacial score (nSPS) is 12.0. The maximum absolute atomic E-state index is 11.7. The number of aliphatic hydroxyl groups excluding tert-OH is 1. The summed E-state index contributed by atoms with van der Waals surface area (Å²) in [5.41, 5.74) is 0.680. The van der Waals surface area contributed by atoms with Crippen LogP contribution in [0.1, 0.15) is 12.1 Å². The SMILES string of the molecule is O=C(Cc1csc(-c2cccs2)n1)NCC[C@H](O)C(=O)O. The van der Waals surface area contributed by atoms with Gasteiger partial charge in [-0.05, 0) is 11.4 Å². The largest absolute Gasteiger partial charge is 0.479 e. The van der Waals surface area contributed by atoms with Crippen LogP contribution in [0, 0.1) is 0 Å². The highest BCUT2D eigenvalue weighted by Crippen LogP contribution is 2.27. The number of aromatic nitrogens is 1. The number of hydrogen-bond acceptors (Lipinski definition) is 6. The molecule has 0 radical (unpaired) electrons. The second kappa shape index (κ2) is 7.30. The molecule has 2 rings (SSSR count). The lowest BCUT2D eigenvalue weighted by molar-refractivity contribution is -0.147. The fraction of sp³-hybridized carbons (Fsp3) is 0.308. The number of hydrogen-bond donors (Lipinski definition) is 3. The van der Waals surface area contributed by atoms with Crippen molar-refractivity contribution in [2.75, 3.05) is 6.54 Å². The zero-order valence-electron chi connectivity index (χ0n) is 11.0. The number of carboxylic acid groups (broad SMARTS) is 1. The van der Waals surface area contributed by atoms with Crippen molar-refractivity contribution < 1.29 is 19.8 Å². The maximum Gasteiger partial charge on any atom is 0.332 e. The number of rotatable bonds is 7. The maximum atomic E-state index is 11.7. The third-order valence-corrected chi connectivity index (χ3v) is 4.58. The number of carbonyl (C=O) groups is 2. The van der Waals surface area contributed by atoms with E-state index in [-0.39, 0.29) is 25.3 Å². The van der Waals surface area contributed by atoms with Crippen LogP contribution in [0.4, 0.5) is 0 Å². The molecule has 0 aliphatic heterocycles. The van der Waals surface area contributed by atoms with Gasteiger partial charge in [-0.15, -0.1) is 22.7 Å². The van der Waals surface area contributed by atoms with Crippen molar-refractivity contribution in [3.05, 3.63) is 28.6 Å². The predicted octanol–water partition coefficient (Wildman–Crippen LogP) is 1.37. The zero-order valence-corrected chi connectivity index (χ0v) is 12.6. The van der Waals surface area contributed by atoms with Crippen LogP contribution in [0.3, 0.4) is 0 Å². The zero-order chi connectivity index (χ0) is 15.2. The van der Waals surface area contributed by atoms with E-state index in [1.807, 2.05) is 22.9 Å². The van der Waals surface area contributed by atoms with Crippen LogP contribution in [0.15, 0.2) is 22.9 Å². The molecule has 2 heterocycles. The molecule has 2 aromatic heterocycles. The van der Waals surface area contributed by atoms with Crippen LogP contribution in [-0.4, -0.2) is 39.7 Å². The Hall–Kier alpha value is -1.77. The summed E-state index contributed by atoms with van der Waals surface area (Å²) in [4.78, 5) is 27.6. The fourth-order valence-electron chi connectivity index (χ4n) is 1.60. The van der Waals surface area contributed by atoms with Gasteiger partial charge in [0, 0.05) is 18.3 Å². The topological polar surface area (TPSA) is 99.5 Å². The quantitative estimate of drug-likeness (QED) is 0.713. The monoisotopic (exact) mass is 326 g/mol. The first-order chi connectivity index (χ1) is 10.1. The molecule has 0 spiro atoms. The van der Waals surface area contributed by atoms with Crippen LogP contribution < -0.4 is 5.32 Å². The van der Waals surface area contributed by atoms with E-state index in [1.54, 1.807) is 11.3 Å². The summed E-state index contributed by atoms with van der Waals surface area (Å²) in [6.07, 6.45) is -1.32. The lowest BCUT2D eigenvalue weighted by Crippen LogP contribution is -2.31. The smallest absolute Gasteiger partial charge is 0.332 e. The molecule has 0 unspecified atom stereocenters. The minimum atomic E-state index is -1.45. The van der Waals surface area contributed by atoms with Crippen molar-refractivity contribution in [1.29, 1.82) is 0 Å². The molecule has 0 aliphatic rings. The first-order valence-corrected chi connectivity index (χ1v) is 7.98. The Morgan fingerprint density at radius 2 is 2.19 bits per heavy atom. The van der Waals surface area contributed by atoms with Gasteiger partial charge in [-0.25, -0.2) is 9.78 Å². The van der Waals surface area contributed by atoms with Gasteiger partial charge in [0.2, 0.25) is 5.91 Å². The van der Waals surface area contributed by atoms with Crippen LogP contribution >= 0.6 is 22.7 Å². The lowest BCUT2D eigenvalue weighted by atomic mass is 10.2. The van der Waals surface area contributed by atoms with E-state index >= 15 is 0 Å². The van der Waals surface area contributed by atoms with Gasteiger partial charge in [0.25, 0.3) is 0 Å². The number of nitrogens with zero attached hydrogens (tertiary/aromatic N) is 1. The van der Waals surface area contributed by atoms with Crippen molar-refractivity contribution in [3.8, 4) is 9.88 Å². The molecule has 1 atom stereocenters. The average molecular weight is 326 g/mol. The van der Waals surface area contributed by atoms with Gasteiger partial charge < -0.3 is 15.5 Å². The Morgan fingerprint density at radius 3 is 2.86 bits per heavy atom. The molecule has 112 valence electrons. The summed E-state index contributed by atoms with van der Waals surface area (Å²) < 4.78 is 0. The van der Waals surface area contributed by atoms with Gasteiger partial charge in [-0.2, -0.15) is 0 Å². The van der Waals surface area contributed by atoms with Crippen molar-refractivity contribution in [2.45, 2.75) is 18.9 Å². The fourth-order valence-corrected chi connectivity index (χ4v) is 3.23. The standard InChI is InChI=1S/C13H14N2O4S2/c16-9(13(18)19)3-4-14-11(17)6-8-7-21-12(15-8)10-2-1-5-20-10/h1-2,5,7,9,16H,3-4,6H2,(H,14,17)(H,18,19)/t9-/m0/s1. The Bertz CT molecular complexity index is 609. The Labute approximate surface area is 129 Å². The summed E-state index contributed by atoms with van der Waals surface area (Å²) in [5.74, 6) is -1.53. The molecular formula is C13H14N2O4S2. The molecule has 0 bridgehead atoms. The van der Waals surface area contributed by atoms with E-state index in [0.29, 0.717) is 5.69 Å². The average Bonchev–Trinajstić information content (AvgIpc) is 3.08. The van der Waals surface area contributed by atoms with Crippen molar-refractivity contribution >= 4 is 34.6 Å². The number of amides is 1. The molecule has 0 saturated heterocycles. The van der Waals surface area contributed by atoms with Gasteiger partial charge in [-0.1, -0.05) is 6.07 Å². The molecule has 2 aromatic rings. The van der Waals surface area contributed by atoms with Gasteiger partial charge in [0.05, 0.1) is 17.0 Å². The molecular weight excluding hydrogens is 312 g/mol. The van der Waals surface area contributed by atoms with E-state index in [0.717, 1.165) is 9.88 Å². The summed E-state index contributed by atoms with van der Waals surface area (Å²) >= 11 is 3.08. The highest BCUT2D eigenvalue weighted by Gasteiger charge is 2.14. The molecule has 21 heavy (non-hydrogen) atoms. The van der Waals surface area contributed by atoms with Gasteiger partial charge in [0.15, 0.2) is 6.10 Å². The Kier molecular flexibility index (Phi) is 5.43. The molecule has 1 amide bonds. The Balaban J connectivity index is 1.79. The summed E-state index contributed by atoms with van der Waals surface area (Å²) in [7, 11) is 0. The summed E-state index contributed by atoms with van der Waals surface area (Å²) in [6, 6.07) is 3.92. The molecule has 8 heteroatoms. The first kappa shape index (κ1) is 15.6.